The molecule has 0 bridgehead atoms. The van der Waals surface area contributed by atoms with Crippen LogP contribution in [0.5, 0.6) is 0 Å². The number of carbonyl (C=O) groups excluding carboxylic acids is 1. The van der Waals surface area contributed by atoms with Crippen LogP contribution >= 0.6 is 0 Å². The van der Waals surface area contributed by atoms with Crippen LogP contribution in [0.15, 0.2) is 36.5 Å². The molecule has 2 aromatic rings. The first kappa shape index (κ1) is 11.5. The van der Waals surface area contributed by atoms with Crippen molar-refractivity contribution in [1.29, 1.82) is 0 Å². The Morgan fingerprint density at radius 3 is 2.76 bits per heavy atom. The van der Waals surface area contributed by atoms with E-state index in [-0.39, 0.29) is 11.8 Å². The van der Waals surface area contributed by atoms with Crippen LogP contribution in [0.3, 0.4) is 0 Å². The molecule has 0 aliphatic rings. The predicted molar refractivity (Wildman–Crippen MR) is 64.0 cm³/mol. The van der Waals surface area contributed by atoms with E-state index in [0.717, 1.165) is 5.69 Å². The van der Waals surface area contributed by atoms with Gasteiger partial charge in [0.25, 0.3) is 0 Å². The highest BCUT2D eigenvalue weighted by Crippen LogP contribution is 2.10. The summed E-state index contributed by atoms with van der Waals surface area (Å²) in [4.78, 5) is 11.9. The Bertz CT molecular complexity index is 504. The largest absolute Gasteiger partial charge is 0.328 e. The van der Waals surface area contributed by atoms with E-state index in [9.17, 15) is 4.79 Å². The zero-order chi connectivity index (χ0) is 12.3. The molecule has 0 saturated heterocycles. The van der Waals surface area contributed by atoms with Crippen molar-refractivity contribution in [3.05, 3.63) is 42.2 Å². The number of nitrogens with two attached hydrogens (primary N) is 1. The minimum absolute atomic E-state index is 0.0474. The number of hydrogen-bond acceptors (Lipinski definition) is 4. The highest BCUT2D eigenvalue weighted by Gasteiger charge is 2.15. The van der Waals surface area contributed by atoms with Gasteiger partial charge in [0, 0.05) is 12.5 Å². The van der Waals surface area contributed by atoms with Crippen molar-refractivity contribution >= 4 is 5.78 Å². The summed E-state index contributed by atoms with van der Waals surface area (Å²) in [6.45, 7) is 1.80. The maximum absolute atomic E-state index is 11.9. The molecule has 1 aromatic carbocycles. The van der Waals surface area contributed by atoms with Gasteiger partial charge in [0.2, 0.25) is 0 Å². The highest BCUT2D eigenvalue weighted by atomic mass is 16.1. The first-order chi connectivity index (χ1) is 8.18. The number of rotatable bonds is 4. The summed E-state index contributed by atoms with van der Waals surface area (Å²) in [7, 11) is 0. The average molecular weight is 230 g/mol. The highest BCUT2D eigenvalue weighted by molar-refractivity contribution is 5.95. The lowest BCUT2D eigenvalue weighted by atomic mass is 10.1. The number of ketones is 1. The fourth-order valence-corrected chi connectivity index (χ4v) is 1.58. The minimum atomic E-state index is -0.165. The summed E-state index contributed by atoms with van der Waals surface area (Å²) in [5, 5.41) is 7.70. The fourth-order valence-electron chi connectivity index (χ4n) is 1.58. The van der Waals surface area contributed by atoms with E-state index in [0.29, 0.717) is 12.1 Å². The molecule has 0 aliphatic heterocycles. The van der Waals surface area contributed by atoms with Crippen molar-refractivity contribution in [3.63, 3.8) is 0 Å². The SMILES string of the molecule is CC(N)CC(=O)c1cnnn1-c1ccccc1. The molecule has 5 nitrogen and oxygen atoms in total. The second-order valence-corrected chi connectivity index (χ2v) is 3.97. The van der Waals surface area contributed by atoms with Gasteiger partial charge in [-0.25, -0.2) is 4.68 Å². The number of Topliss-reactive ketones (excluding diaryl/α,β-unsaturated/α-hetero) is 1. The van der Waals surface area contributed by atoms with Crippen LogP contribution in [-0.4, -0.2) is 26.8 Å². The third kappa shape index (κ3) is 2.57. The van der Waals surface area contributed by atoms with Crippen molar-refractivity contribution in [2.24, 2.45) is 5.73 Å². The number of aromatic nitrogens is 3. The summed E-state index contributed by atoms with van der Waals surface area (Å²) < 4.78 is 1.53. The molecule has 2 rings (SSSR count). The van der Waals surface area contributed by atoms with Crippen LogP contribution in [0.25, 0.3) is 5.69 Å². The molecular weight excluding hydrogens is 216 g/mol. The molecule has 5 heteroatoms. The van der Waals surface area contributed by atoms with Crippen LogP contribution in [0.2, 0.25) is 0 Å². The zero-order valence-corrected chi connectivity index (χ0v) is 9.58. The van der Waals surface area contributed by atoms with Gasteiger partial charge in [-0.2, -0.15) is 0 Å². The third-order valence-electron chi connectivity index (χ3n) is 2.34. The minimum Gasteiger partial charge on any atom is -0.328 e. The van der Waals surface area contributed by atoms with Crippen LogP contribution in [0.1, 0.15) is 23.8 Å². The lowest BCUT2D eigenvalue weighted by molar-refractivity contribution is 0.0969. The number of para-hydroxylation sites is 1. The van der Waals surface area contributed by atoms with Gasteiger partial charge in [0.05, 0.1) is 11.9 Å². The molecule has 1 heterocycles. The second kappa shape index (κ2) is 4.88. The molecule has 0 fully saturated rings. The van der Waals surface area contributed by atoms with Crippen molar-refractivity contribution < 1.29 is 4.79 Å². The van der Waals surface area contributed by atoms with Gasteiger partial charge in [0.15, 0.2) is 5.78 Å². The second-order valence-electron chi connectivity index (χ2n) is 3.97. The van der Waals surface area contributed by atoms with E-state index in [2.05, 4.69) is 10.3 Å². The van der Waals surface area contributed by atoms with E-state index in [1.54, 1.807) is 6.92 Å². The Hall–Kier alpha value is -2.01. The summed E-state index contributed by atoms with van der Waals surface area (Å²) in [5.74, 6) is -0.0474. The Labute approximate surface area is 99.2 Å². The molecule has 2 N–H and O–H groups in total. The first-order valence-corrected chi connectivity index (χ1v) is 5.43. The molecule has 0 saturated carbocycles. The quantitative estimate of drug-likeness (QED) is 0.800. The van der Waals surface area contributed by atoms with E-state index < -0.39 is 0 Å². The molecule has 0 radical (unpaired) electrons. The van der Waals surface area contributed by atoms with E-state index in [4.69, 9.17) is 5.73 Å². The van der Waals surface area contributed by atoms with Gasteiger partial charge in [0.1, 0.15) is 5.69 Å². The normalized spacial score (nSPS) is 12.4. The van der Waals surface area contributed by atoms with Gasteiger partial charge < -0.3 is 5.73 Å². The maximum Gasteiger partial charge on any atom is 0.184 e. The average Bonchev–Trinajstić information content (AvgIpc) is 2.78. The molecular formula is C12H14N4O. The Morgan fingerprint density at radius 2 is 2.12 bits per heavy atom. The number of benzene rings is 1. The smallest absolute Gasteiger partial charge is 0.184 e. The molecule has 17 heavy (non-hydrogen) atoms. The van der Waals surface area contributed by atoms with Crippen LogP contribution < -0.4 is 5.73 Å². The molecule has 0 amide bonds. The van der Waals surface area contributed by atoms with Crippen LogP contribution in [0, 0.1) is 0 Å². The predicted octanol–water partition coefficient (Wildman–Crippen LogP) is 1.19. The van der Waals surface area contributed by atoms with Crippen molar-refractivity contribution in [1.82, 2.24) is 15.0 Å². The third-order valence-corrected chi connectivity index (χ3v) is 2.34. The Kier molecular flexibility index (Phi) is 3.30. The topological polar surface area (TPSA) is 73.8 Å². The van der Waals surface area contributed by atoms with E-state index in [1.165, 1.54) is 10.9 Å². The van der Waals surface area contributed by atoms with Gasteiger partial charge in [-0.05, 0) is 19.1 Å². The number of carbonyl (C=O) groups is 1. The van der Waals surface area contributed by atoms with Crippen LogP contribution in [-0.2, 0) is 0 Å². The summed E-state index contributed by atoms with van der Waals surface area (Å²) >= 11 is 0. The zero-order valence-electron chi connectivity index (χ0n) is 9.58. The maximum atomic E-state index is 11.9. The van der Waals surface area contributed by atoms with Gasteiger partial charge >= 0.3 is 0 Å². The standard InChI is InChI=1S/C12H14N4O/c1-9(13)7-12(17)11-8-14-15-16(11)10-5-3-2-4-6-10/h2-6,8-9H,7,13H2,1H3. The monoisotopic (exact) mass is 230 g/mol. The number of hydrogen-bond donors (Lipinski definition) is 1. The summed E-state index contributed by atoms with van der Waals surface area (Å²) in [6.07, 6.45) is 1.76. The van der Waals surface area contributed by atoms with Gasteiger partial charge in [-0.1, -0.05) is 23.4 Å². The van der Waals surface area contributed by atoms with E-state index in [1.807, 2.05) is 30.3 Å². The Morgan fingerprint density at radius 1 is 1.41 bits per heavy atom. The Balaban J connectivity index is 2.32. The molecule has 1 atom stereocenters. The van der Waals surface area contributed by atoms with Crippen molar-refractivity contribution in [3.8, 4) is 5.69 Å². The van der Waals surface area contributed by atoms with E-state index >= 15 is 0 Å². The van der Waals surface area contributed by atoms with Crippen molar-refractivity contribution in [2.75, 3.05) is 0 Å². The summed E-state index contributed by atoms with van der Waals surface area (Å²) in [5.41, 5.74) is 6.90. The van der Waals surface area contributed by atoms with Gasteiger partial charge in [-0.3, -0.25) is 4.79 Å². The lowest BCUT2D eigenvalue weighted by Crippen LogP contribution is -2.21. The molecule has 0 aliphatic carbocycles. The molecule has 1 aromatic heterocycles. The molecule has 0 spiro atoms. The fraction of sp³-hybridized carbons (Fsp3) is 0.250. The van der Waals surface area contributed by atoms with Crippen LogP contribution in [0.4, 0.5) is 0 Å². The molecule has 1 unspecified atom stereocenters. The summed E-state index contributed by atoms with van der Waals surface area (Å²) in [6, 6.07) is 9.26. The molecule has 88 valence electrons. The van der Waals surface area contributed by atoms with Crippen molar-refractivity contribution in [2.45, 2.75) is 19.4 Å². The van der Waals surface area contributed by atoms with Gasteiger partial charge in [-0.15, -0.1) is 5.10 Å². The number of nitrogens with zero attached hydrogens (tertiary/aromatic N) is 3. The first-order valence-electron chi connectivity index (χ1n) is 5.43. The lowest BCUT2D eigenvalue weighted by Gasteiger charge is -2.06.